The van der Waals surface area contributed by atoms with E-state index in [0.717, 1.165) is 16.7 Å². The zero-order valence-corrected chi connectivity index (χ0v) is 12.2. The van der Waals surface area contributed by atoms with Gasteiger partial charge in [0.2, 0.25) is 0 Å². The molecule has 0 fully saturated rings. The van der Waals surface area contributed by atoms with Crippen molar-refractivity contribution in [2.75, 3.05) is 0 Å². The van der Waals surface area contributed by atoms with E-state index in [4.69, 9.17) is 0 Å². The molecule has 18 heavy (non-hydrogen) atoms. The second-order valence-electron chi connectivity index (χ2n) is 4.44. The molecule has 2 nitrogen and oxygen atoms in total. The van der Waals surface area contributed by atoms with Crippen LogP contribution in [-0.2, 0) is 6.54 Å². The summed E-state index contributed by atoms with van der Waals surface area (Å²) in [6.07, 6.45) is 1.83. The van der Waals surface area contributed by atoms with Crippen LogP contribution < -0.4 is 5.32 Å². The van der Waals surface area contributed by atoms with Gasteiger partial charge in [-0.1, -0.05) is 34.1 Å². The van der Waals surface area contributed by atoms with Gasteiger partial charge in [0.1, 0.15) is 0 Å². The smallest absolute Gasteiger partial charge is 0.0570 e. The predicted molar refractivity (Wildman–Crippen MR) is 78.4 cm³/mol. The summed E-state index contributed by atoms with van der Waals surface area (Å²) in [6, 6.07) is 12.7. The van der Waals surface area contributed by atoms with Crippen LogP contribution in [0.15, 0.2) is 47.1 Å². The quantitative estimate of drug-likeness (QED) is 0.923. The van der Waals surface area contributed by atoms with Crippen molar-refractivity contribution < 1.29 is 0 Å². The molecule has 94 valence electrons. The fraction of sp³-hybridized carbons (Fsp3) is 0.267. The van der Waals surface area contributed by atoms with Crippen LogP contribution in [0.5, 0.6) is 0 Å². The highest BCUT2D eigenvalue weighted by Gasteiger charge is 2.05. The van der Waals surface area contributed by atoms with E-state index in [1.165, 1.54) is 11.1 Å². The molecule has 3 heteroatoms. The minimum Gasteiger partial charge on any atom is -0.305 e. The summed E-state index contributed by atoms with van der Waals surface area (Å²) in [5.41, 5.74) is 3.61. The van der Waals surface area contributed by atoms with Crippen LogP contribution in [0, 0.1) is 6.92 Å². The van der Waals surface area contributed by atoms with Gasteiger partial charge >= 0.3 is 0 Å². The lowest BCUT2D eigenvalue weighted by molar-refractivity contribution is 0.561. The lowest BCUT2D eigenvalue weighted by Crippen LogP contribution is -2.18. The first-order valence-electron chi connectivity index (χ1n) is 6.06. The number of nitrogens with zero attached hydrogens (tertiary/aromatic N) is 1. The van der Waals surface area contributed by atoms with E-state index < -0.39 is 0 Å². The molecule has 0 unspecified atom stereocenters. The normalized spacial score (nSPS) is 12.4. The van der Waals surface area contributed by atoms with Gasteiger partial charge in [0.15, 0.2) is 0 Å². The summed E-state index contributed by atoms with van der Waals surface area (Å²) in [4.78, 5) is 4.35. The second-order valence-corrected chi connectivity index (χ2v) is 5.30. The Morgan fingerprint density at radius 1 is 1.28 bits per heavy atom. The summed E-state index contributed by atoms with van der Waals surface area (Å²) in [7, 11) is 0. The van der Waals surface area contributed by atoms with E-state index in [0.29, 0.717) is 0 Å². The van der Waals surface area contributed by atoms with Gasteiger partial charge < -0.3 is 5.32 Å². The van der Waals surface area contributed by atoms with Crippen LogP contribution >= 0.6 is 15.9 Å². The Morgan fingerprint density at radius 3 is 2.78 bits per heavy atom. The number of nitrogens with one attached hydrogen (secondary N) is 1. The first kappa shape index (κ1) is 13.2. The van der Waals surface area contributed by atoms with Crippen molar-refractivity contribution in [1.82, 2.24) is 10.3 Å². The van der Waals surface area contributed by atoms with E-state index in [1.54, 1.807) is 0 Å². The molecule has 1 aromatic heterocycles. The van der Waals surface area contributed by atoms with Gasteiger partial charge in [0, 0.05) is 23.3 Å². The summed E-state index contributed by atoms with van der Waals surface area (Å²) in [5, 5.41) is 3.48. The number of hydrogen-bond donors (Lipinski definition) is 1. The molecule has 1 heterocycles. The van der Waals surface area contributed by atoms with Gasteiger partial charge in [-0.25, -0.2) is 0 Å². The summed E-state index contributed by atoms with van der Waals surface area (Å²) < 4.78 is 1.16. The van der Waals surface area contributed by atoms with Crippen LogP contribution in [0.4, 0.5) is 0 Å². The van der Waals surface area contributed by atoms with Crippen LogP contribution in [0.2, 0.25) is 0 Å². The van der Waals surface area contributed by atoms with E-state index in [1.807, 2.05) is 24.4 Å². The molecule has 0 radical (unpaired) electrons. The molecule has 0 aliphatic carbocycles. The van der Waals surface area contributed by atoms with Crippen molar-refractivity contribution >= 4 is 15.9 Å². The van der Waals surface area contributed by atoms with Crippen molar-refractivity contribution in [2.45, 2.75) is 26.4 Å². The second kappa shape index (κ2) is 6.12. The number of halogens is 1. The Labute approximate surface area is 117 Å². The highest BCUT2D eigenvalue weighted by molar-refractivity contribution is 9.10. The monoisotopic (exact) mass is 304 g/mol. The molecule has 0 aliphatic rings. The SMILES string of the molecule is Cc1ccc(CN[C@@H](C)c2ccccn2)cc1Br. The first-order valence-corrected chi connectivity index (χ1v) is 6.85. The molecule has 0 saturated carbocycles. The molecule has 0 aliphatic heterocycles. The summed E-state index contributed by atoms with van der Waals surface area (Å²) >= 11 is 3.56. The van der Waals surface area contributed by atoms with Crippen LogP contribution in [-0.4, -0.2) is 4.98 Å². The van der Waals surface area contributed by atoms with Crippen LogP contribution in [0.25, 0.3) is 0 Å². The lowest BCUT2D eigenvalue weighted by atomic mass is 10.1. The van der Waals surface area contributed by atoms with E-state index in [9.17, 15) is 0 Å². The van der Waals surface area contributed by atoms with Crippen molar-refractivity contribution in [3.8, 4) is 0 Å². The molecule has 0 amide bonds. The maximum atomic E-state index is 4.35. The average molecular weight is 305 g/mol. The number of benzene rings is 1. The van der Waals surface area contributed by atoms with Crippen LogP contribution in [0.3, 0.4) is 0 Å². The molecular weight excluding hydrogens is 288 g/mol. The fourth-order valence-electron chi connectivity index (χ4n) is 1.75. The number of pyridine rings is 1. The topological polar surface area (TPSA) is 24.9 Å². The molecule has 0 saturated heterocycles. The first-order chi connectivity index (χ1) is 8.66. The predicted octanol–water partition coefficient (Wildman–Crippen LogP) is 4.00. The van der Waals surface area contributed by atoms with Gasteiger partial charge in [0.25, 0.3) is 0 Å². The third-order valence-electron chi connectivity index (χ3n) is 2.98. The van der Waals surface area contributed by atoms with Crippen molar-refractivity contribution in [3.05, 3.63) is 63.9 Å². The molecule has 1 N–H and O–H groups in total. The summed E-state index contributed by atoms with van der Waals surface area (Å²) in [6.45, 7) is 5.07. The van der Waals surface area contributed by atoms with E-state index in [-0.39, 0.29) is 6.04 Å². The Hall–Kier alpha value is -1.19. The third kappa shape index (κ3) is 3.40. The van der Waals surface area contributed by atoms with E-state index in [2.05, 4.69) is 58.3 Å². The third-order valence-corrected chi connectivity index (χ3v) is 3.83. The number of aromatic nitrogens is 1. The largest absolute Gasteiger partial charge is 0.305 e. The Kier molecular flexibility index (Phi) is 4.50. The minimum absolute atomic E-state index is 0.256. The van der Waals surface area contributed by atoms with Crippen molar-refractivity contribution in [3.63, 3.8) is 0 Å². The average Bonchev–Trinajstić information content (AvgIpc) is 2.41. The zero-order chi connectivity index (χ0) is 13.0. The maximum Gasteiger partial charge on any atom is 0.0570 e. The Balaban J connectivity index is 1.97. The molecule has 1 aromatic carbocycles. The fourth-order valence-corrected chi connectivity index (χ4v) is 2.18. The Morgan fingerprint density at radius 2 is 2.11 bits per heavy atom. The zero-order valence-electron chi connectivity index (χ0n) is 10.7. The highest BCUT2D eigenvalue weighted by atomic mass is 79.9. The van der Waals surface area contributed by atoms with Gasteiger partial charge in [-0.05, 0) is 43.2 Å². The molecular formula is C15H17BrN2. The summed E-state index contributed by atoms with van der Waals surface area (Å²) in [5.74, 6) is 0. The highest BCUT2D eigenvalue weighted by Crippen LogP contribution is 2.18. The molecule has 0 spiro atoms. The van der Waals surface area contributed by atoms with Gasteiger partial charge in [-0.2, -0.15) is 0 Å². The number of rotatable bonds is 4. The molecule has 2 aromatic rings. The Bertz CT molecular complexity index is 511. The molecule has 1 atom stereocenters. The number of aryl methyl sites for hydroxylation is 1. The van der Waals surface area contributed by atoms with Crippen LogP contribution in [0.1, 0.15) is 29.8 Å². The van der Waals surface area contributed by atoms with Gasteiger partial charge in [-0.3, -0.25) is 4.98 Å². The lowest BCUT2D eigenvalue weighted by Gasteiger charge is -2.13. The number of hydrogen-bond acceptors (Lipinski definition) is 2. The van der Waals surface area contributed by atoms with Crippen molar-refractivity contribution in [2.24, 2.45) is 0 Å². The van der Waals surface area contributed by atoms with Gasteiger partial charge in [-0.15, -0.1) is 0 Å². The molecule has 2 rings (SSSR count). The van der Waals surface area contributed by atoms with Gasteiger partial charge in [0.05, 0.1) is 5.69 Å². The van der Waals surface area contributed by atoms with E-state index >= 15 is 0 Å². The maximum absolute atomic E-state index is 4.35. The minimum atomic E-state index is 0.256. The van der Waals surface area contributed by atoms with Crippen molar-refractivity contribution in [1.29, 1.82) is 0 Å². The molecule has 0 bridgehead atoms. The standard InChI is InChI=1S/C15H17BrN2/c1-11-6-7-13(9-14(11)16)10-18-12(2)15-5-3-4-8-17-15/h3-9,12,18H,10H2,1-2H3/t12-/m0/s1.